The van der Waals surface area contributed by atoms with E-state index in [-0.39, 0.29) is 18.4 Å². The fourth-order valence-corrected chi connectivity index (χ4v) is 2.46. The number of aromatic nitrogens is 1. The Bertz CT molecular complexity index is 661. The Morgan fingerprint density at radius 1 is 1.18 bits per heavy atom. The number of carbonyl (C=O) groups excluding carboxylic acids is 2. The summed E-state index contributed by atoms with van der Waals surface area (Å²) in [5.41, 5.74) is 1.07. The highest BCUT2D eigenvalue weighted by Crippen LogP contribution is 2.24. The van der Waals surface area contributed by atoms with Crippen LogP contribution in [0.4, 0.5) is 5.69 Å². The van der Waals surface area contributed by atoms with E-state index < -0.39 is 0 Å². The highest BCUT2D eigenvalue weighted by atomic mass is 32.2. The molecule has 0 aliphatic heterocycles. The molecule has 0 atom stereocenters. The molecular formula is C16H17N3O2S. The van der Waals surface area contributed by atoms with Gasteiger partial charge in [0, 0.05) is 18.1 Å². The number of hydrogen-bond donors (Lipinski definition) is 1. The van der Waals surface area contributed by atoms with Crippen molar-refractivity contribution < 1.29 is 9.59 Å². The topological polar surface area (TPSA) is 62.3 Å². The van der Waals surface area contributed by atoms with Crippen LogP contribution in [0, 0.1) is 0 Å². The van der Waals surface area contributed by atoms with Crippen molar-refractivity contribution in [2.75, 3.05) is 25.2 Å². The van der Waals surface area contributed by atoms with Crippen molar-refractivity contribution in [1.29, 1.82) is 0 Å². The van der Waals surface area contributed by atoms with Crippen molar-refractivity contribution in [1.82, 2.24) is 9.88 Å². The van der Waals surface area contributed by atoms with Crippen molar-refractivity contribution in [3.63, 3.8) is 0 Å². The fraction of sp³-hybridized carbons (Fsp3) is 0.188. The summed E-state index contributed by atoms with van der Waals surface area (Å²) in [7, 11) is 1.58. The van der Waals surface area contributed by atoms with Gasteiger partial charge in [0.05, 0.1) is 12.2 Å². The number of carbonyl (C=O) groups is 2. The minimum Gasteiger partial charge on any atom is -0.331 e. The van der Waals surface area contributed by atoms with Crippen LogP contribution in [0.25, 0.3) is 0 Å². The molecule has 114 valence electrons. The molecule has 0 fully saturated rings. The highest BCUT2D eigenvalue weighted by molar-refractivity contribution is 7.98. The van der Waals surface area contributed by atoms with Gasteiger partial charge in [-0.3, -0.25) is 14.6 Å². The Labute approximate surface area is 133 Å². The molecule has 1 heterocycles. The lowest BCUT2D eigenvalue weighted by Crippen LogP contribution is -2.35. The van der Waals surface area contributed by atoms with Crippen molar-refractivity contribution in [3.05, 3.63) is 54.4 Å². The first kappa shape index (κ1) is 16.0. The second-order valence-corrected chi connectivity index (χ2v) is 5.47. The monoisotopic (exact) mass is 315 g/mol. The number of thioether (sulfide) groups is 1. The van der Waals surface area contributed by atoms with Gasteiger partial charge in [0.2, 0.25) is 5.91 Å². The average molecular weight is 315 g/mol. The van der Waals surface area contributed by atoms with Crippen LogP contribution in [0.15, 0.2) is 53.6 Å². The van der Waals surface area contributed by atoms with Gasteiger partial charge in [0.15, 0.2) is 0 Å². The van der Waals surface area contributed by atoms with Gasteiger partial charge in [-0.25, -0.2) is 0 Å². The number of hydrogen-bond acceptors (Lipinski definition) is 4. The summed E-state index contributed by atoms with van der Waals surface area (Å²) in [6.45, 7) is -0.0296. The zero-order valence-corrected chi connectivity index (χ0v) is 13.3. The maximum Gasteiger partial charge on any atom is 0.272 e. The molecule has 0 spiro atoms. The summed E-state index contributed by atoms with van der Waals surface area (Å²) in [6.07, 6.45) is 3.50. The zero-order chi connectivity index (χ0) is 15.9. The van der Waals surface area contributed by atoms with E-state index in [9.17, 15) is 9.59 Å². The summed E-state index contributed by atoms with van der Waals surface area (Å²) >= 11 is 1.55. The third-order valence-electron chi connectivity index (χ3n) is 2.99. The van der Waals surface area contributed by atoms with Crippen LogP contribution in [-0.2, 0) is 4.79 Å². The van der Waals surface area contributed by atoms with Crippen LogP contribution in [0.3, 0.4) is 0 Å². The summed E-state index contributed by atoms with van der Waals surface area (Å²) < 4.78 is 0. The van der Waals surface area contributed by atoms with Crippen LogP contribution >= 0.6 is 11.8 Å². The molecule has 2 amide bonds. The lowest BCUT2D eigenvalue weighted by Gasteiger charge is -2.17. The predicted molar refractivity (Wildman–Crippen MR) is 88.1 cm³/mol. The SMILES string of the molecule is CSc1ccccc1NC(=O)CN(C)C(=O)c1ccccn1. The number of pyridine rings is 1. The normalized spacial score (nSPS) is 10.1. The van der Waals surface area contributed by atoms with Gasteiger partial charge in [-0.05, 0) is 30.5 Å². The fourth-order valence-electron chi connectivity index (χ4n) is 1.91. The molecule has 5 nitrogen and oxygen atoms in total. The number of rotatable bonds is 5. The average Bonchev–Trinajstić information content (AvgIpc) is 2.55. The smallest absolute Gasteiger partial charge is 0.272 e. The van der Waals surface area contributed by atoms with E-state index in [2.05, 4.69) is 10.3 Å². The number of nitrogens with zero attached hydrogens (tertiary/aromatic N) is 2. The highest BCUT2D eigenvalue weighted by Gasteiger charge is 2.16. The Morgan fingerprint density at radius 2 is 1.91 bits per heavy atom. The molecule has 22 heavy (non-hydrogen) atoms. The number of nitrogens with one attached hydrogen (secondary N) is 1. The molecule has 0 saturated heterocycles. The molecule has 1 aromatic heterocycles. The number of amides is 2. The van der Waals surface area contributed by atoms with Gasteiger partial charge in [-0.2, -0.15) is 0 Å². The number of benzene rings is 1. The molecule has 0 saturated carbocycles. The number of para-hydroxylation sites is 1. The van der Waals surface area contributed by atoms with E-state index in [0.29, 0.717) is 5.69 Å². The Hall–Kier alpha value is -2.34. The molecule has 2 rings (SSSR count). The third-order valence-corrected chi connectivity index (χ3v) is 3.79. The van der Waals surface area contributed by atoms with Crippen molar-refractivity contribution in [2.45, 2.75) is 4.90 Å². The van der Waals surface area contributed by atoms with Gasteiger partial charge in [0.25, 0.3) is 5.91 Å². The Morgan fingerprint density at radius 3 is 2.59 bits per heavy atom. The Kier molecular flexibility index (Phi) is 5.55. The molecule has 0 radical (unpaired) electrons. The van der Waals surface area contributed by atoms with E-state index in [1.54, 1.807) is 43.2 Å². The molecule has 0 unspecified atom stereocenters. The zero-order valence-electron chi connectivity index (χ0n) is 12.4. The first-order valence-corrected chi connectivity index (χ1v) is 7.93. The molecule has 0 bridgehead atoms. The molecule has 6 heteroatoms. The van der Waals surface area contributed by atoms with Crippen LogP contribution in [-0.4, -0.2) is 41.5 Å². The third kappa shape index (κ3) is 4.08. The maximum atomic E-state index is 12.1. The van der Waals surface area contributed by atoms with Crippen LogP contribution < -0.4 is 5.32 Å². The standard InChI is InChI=1S/C16H17N3O2S/c1-19(16(21)13-8-5-6-10-17-13)11-15(20)18-12-7-3-4-9-14(12)22-2/h3-10H,11H2,1-2H3,(H,18,20). The molecule has 1 aromatic carbocycles. The van der Waals surface area contributed by atoms with Gasteiger partial charge in [-0.1, -0.05) is 18.2 Å². The Balaban J connectivity index is 1.98. The van der Waals surface area contributed by atoms with Gasteiger partial charge in [-0.15, -0.1) is 11.8 Å². The van der Waals surface area contributed by atoms with Crippen LogP contribution in [0.1, 0.15) is 10.5 Å². The molecule has 2 aromatic rings. The summed E-state index contributed by atoms with van der Waals surface area (Å²) in [5, 5.41) is 2.82. The quantitative estimate of drug-likeness (QED) is 0.861. The van der Waals surface area contributed by atoms with Gasteiger partial charge < -0.3 is 10.2 Å². The first-order valence-electron chi connectivity index (χ1n) is 6.71. The van der Waals surface area contributed by atoms with Crippen LogP contribution in [0.5, 0.6) is 0 Å². The van der Waals surface area contributed by atoms with E-state index in [0.717, 1.165) is 10.6 Å². The molecule has 1 N–H and O–H groups in total. The van der Waals surface area contributed by atoms with Crippen molar-refractivity contribution in [3.8, 4) is 0 Å². The summed E-state index contributed by atoms with van der Waals surface area (Å²) in [5.74, 6) is -0.526. The second-order valence-electron chi connectivity index (χ2n) is 4.62. The van der Waals surface area contributed by atoms with E-state index >= 15 is 0 Å². The molecular weight excluding hydrogens is 298 g/mol. The number of anilines is 1. The van der Waals surface area contributed by atoms with Gasteiger partial charge >= 0.3 is 0 Å². The van der Waals surface area contributed by atoms with E-state index in [4.69, 9.17) is 0 Å². The summed E-state index contributed by atoms with van der Waals surface area (Å²) in [6, 6.07) is 12.6. The summed E-state index contributed by atoms with van der Waals surface area (Å²) in [4.78, 5) is 30.5. The lowest BCUT2D eigenvalue weighted by atomic mass is 10.3. The van der Waals surface area contributed by atoms with E-state index in [1.165, 1.54) is 4.90 Å². The minimum absolute atomic E-state index is 0.0296. The molecule has 0 aliphatic rings. The lowest BCUT2D eigenvalue weighted by molar-refractivity contribution is -0.116. The van der Waals surface area contributed by atoms with Crippen molar-refractivity contribution >= 4 is 29.3 Å². The van der Waals surface area contributed by atoms with Crippen molar-refractivity contribution in [2.24, 2.45) is 0 Å². The first-order chi connectivity index (χ1) is 10.6. The molecule has 0 aliphatic carbocycles. The number of likely N-dealkylation sites (N-methyl/N-ethyl adjacent to an activating group) is 1. The van der Waals surface area contributed by atoms with E-state index in [1.807, 2.05) is 30.5 Å². The maximum absolute atomic E-state index is 12.1. The largest absolute Gasteiger partial charge is 0.331 e. The predicted octanol–water partition coefficient (Wildman–Crippen LogP) is 2.51. The van der Waals surface area contributed by atoms with Gasteiger partial charge in [0.1, 0.15) is 5.69 Å². The van der Waals surface area contributed by atoms with Crippen LogP contribution in [0.2, 0.25) is 0 Å². The second kappa shape index (κ2) is 7.61. The minimum atomic E-state index is -0.283.